The number of halogens is 5. The summed E-state index contributed by atoms with van der Waals surface area (Å²) in [6.07, 6.45) is -2.92. The minimum absolute atomic E-state index is 0.0726. The molecule has 0 aromatic heterocycles. The van der Waals surface area contributed by atoms with Crippen molar-refractivity contribution in [1.29, 1.82) is 0 Å². The average molecular weight is 557 g/mol. The summed E-state index contributed by atoms with van der Waals surface area (Å²) in [5.41, 5.74) is -0.719. The number of aryl methyl sites for hydroxylation is 1. The molecule has 37 heavy (non-hydrogen) atoms. The maximum absolute atomic E-state index is 14.4. The molecule has 5 rings (SSSR count). The van der Waals surface area contributed by atoms with E-state index >= 15 is 0 Å². The fraction of sp³-hybridized carbons (Fsp3) is 0.652. The van der Waals surface area contributed by atoms with Gasteiger partial charge in [-0.2, -0.15) is 30.4 Å². The van der Waals surface area contributed by atoms with Gasteiger partial charge in [0.15, 0.2) is 0 Å². The molecule has 0 saturated heterocycles. The minimum atomic E-state index is -6.24. The predicted octanol–water partition coefficient (Wildman–Crippen LogP) is 4.42. The maximum atomic E-state index is 14.4. The second-order valence-corrected chi connectivity index (χ2v) is 11.9. The van der Waals surface area contributed by atoms with Gasteiger partial charge in [-0.1, -0.05) is 17.7 Å². The fourth-order valence-electron chi connectivity index (χ4n) is 6.03. The summed E-state index contributed by atoms with van der Waals surface area (Å²) in [4.78, 5) is 26.2. The number of carbonyl (C=O) groups is 2. The molecule has 206 valence electrons. The van der Waals surface area contributed by atoms with Crippen molar-refractivity contribution in [2.75, 3.05) is 6.61 Å². The van der Waals surface area contributed by atoms with Crippen LogP contribution >= 0.6 is 0 Å². The number of rotatable bonds is 8. The molecule has 8 nitrogen and oxygen atoms in total. The molecule has 4 fully saturated rings. The zero-order valence-electron chi connectivity index (χ0n) is 19.6. The first-order valence-corrected chi connectivity index (χ1v) is 13.0. The molecular weight excluding hydrogens is 531 g/mol. The monoisotopic (exact) mass is 556 g/mol. The molecule has 1 N–H and O–H groups in total. The smallest absolute Gasteiger partial charge is 0.421 e. The van der Waals surface area contributed by atoms with Gasteiger partial charge < -0.3 is 14.2 Å². The molecule has 0 radical (unpaired) electrons. The Morgan fingerprint density at radius 3 is 1.89 bits per heavy atom. The number of alkyl halides is 5. The standard InChI is InChI=1S/C23H25F5O8S/c1-13-2-4-17(5-3-13)35-19(30)22(23(26,27)28,34-12-21(24,25)37(31,32)33)36-18(29)20-9-14-6-15(10-20)8-16(7-14)11-20/h2-5,14-16H,6-12H2,1H3,(H,31,32,33). The summed E-state index contributed by atoms with van der Waals surface area (Å²) in [5, 5.41) is -5.26. The largest absolute Gasteiger partial charge is 0.468 e. The van der Waals surface area contributed by atoms with Crippen LogP contribution in [-0.4, -0.2) is 48.7 Å². The van der Waals surface area contributed by atoms with Crippen molar-refractivity contribution >= 4 is 22.1 Å². The molecule has 1 unspecified atom stereocenters. The molecule has 1 atom stereocenters. The van der Waals surface area contributed by atoms with Gasteiger partial charge in [-0.05, 0) is 75.3 Å². The van der Waals surface area contributed by atoms with Gasteiger partial charge >= 0.3 is 39.3 Å². The topological polar surface area (TPSA) is 116 Å². The lowest BCUT2D eigenvalue weighted by Crippen LogP contribution is -2.62. The Kier molecular flexibility index (Phi) is 6.86. The van der Waals surface area contributed by atoms with Crippen molar-refractivity contribution in [3.8, 4) is 5.75 Å². The van der Waals surface area contributed by atoms with E-state index in [1.807, 2.05) is 0 Å². The molecule has 1 aromatic carbocycles. The molecule has 0 aliphatic heterocycles. The van der Waals surface area contributed by atoms with Crippen molar-refractivity contribution in [2.24, 2.45) is 23.2 Å². The Morgan fingerprint density at radius 2 is 1.46 bits per heavy atom. The molecule has 4 aliphatic rings. The van der Waals surface area contributed by atoms with Crippen molar-refractivity contribution in [3.63, 3.8) is 0 Å². The third kappa shape index (κ3) is 5.19. The van der Waals surface area contributed by atoms with Crippen LogP contribution in [0.5, 0.6) is 5.75 Å². The Morgan fingerprint density at radius 1 is 0.973 bits per heavy atom. The van der Waals surface area contributed by atoms with E-state index in [2.05, 4.69) is 9.47 Å². The summed E-state index contributed by atoms with van der Waals surface area (Å²) < 4.78 is 115. The Balaban J connectivity index is 1.70. The van der Waals surface area contributed by atoms with Gasteiger partial charge in [-0.3, -0.25) is 9.35 Å². The highest BCUT2D eigenvalue weighted by Crippen LogP contribution is 2.61. The van der Waals surface area contributed by atoms with E-state index in [9.17, 15) is 40.0 Å². The molecule has 0 spiro atoms. The zero-order chi connectivity index (χ0) is 27.4. The quantitative estimate of drug-likeness (QED) is 0.165. The second kappa shape index (κ2) is 9.16. The lowest BCUT2D eigenvalue weighted by atomic mass is 9.49. The number of hydrogen-bond donors (Lipinski definition) is 1. The van der Waals surface area contributed by atoms with E-state index < -0.39 is 57.0 Å². The van der Waals surface area contributed by atoms with Gasteiger partial charge in [0.25, 0.3) is 0 Å². The van der Waals surface area contributed by atoms with Crippen LogP contribution in [-0.2, 0) is 29.2 Å². The van der Waals surface area contributed by atoms with Crippen LogP contribution in [0.3, 0.4) is 0 Å². The van der Waals surface area contributed by atoms with Gasteiger partial charge in [-0.15, -0.1) is 0 Å². The van der Waals surface area contributed by atoms with E-state index in [0.717, 1.165) is 31.4 Å². The summed E-state index contributed by atoms with van der Waals surface area (Å²) >= 11 is 0. The van der Waals surface area contributed by atoms with Crippen LogP contribution < -0.4 is 4.74 Å². The van der Waals surface area contributed by atoms with E-state index in [0.29, 0.717) is 5.56 Å². The molecular formula is C23H25F5O8S. The first-order chi connectivity index (χ1) is 17.0. The molecule has 14 heteroatoms. The first kappa shape index (κ1) is 27.7. The normalized spacial score (nSPS) is 29.0. The van der Waals surface area contributed by atoms with Crippen LogP contribution in [0.4, 0.5) is 22.0 Å². The third-order valence-electron chi connectivity index (χ3n) is 7.40. The first-order valence-electron chi connectivity index (χ1n) is 11.5. The van der Waals surface area contributed by atoms with Crippen LogP contribution in [0.15, 0.2) is 24.3 Å². The number of esters is 2. The zero-order valence-corrected chi connectivity index (χ0v) is 20.4. The third-order valence-corrected chi connectivity index (χ3v) is 8.27. The minimum Gasteiger partial charge on any atom is -0.421 e. The molecule has 4 bridgehead atoms. The van der Waals surface area contributed by atoms with E-state index in [1.54, 1.807) is 6.92 Å². The second-order valence-electron chi connectivity index (χ2n) is 10.3. The van der Waals surface area contributed by atoms with Gasteiger partial charge in [0.05, 0.1) is 5.41 Å². The van der Waals surface area contributed by atoms with E-state index in [4.69, 9.17) is 9.29 Å². The predicted molar refractivity (Wildman–Crippen MR) is 115 cm³/mol. The van der Waals surface area contributed by atoms with Crippen molar-refractivity contribution in [2.45, 2.75) is 62.7 Å². The van der Waals surface area contributed by atoms with Gasteiger partial charge in [0, 0.05) is 0 Å². The molecule has 0 heterocycles. The average Bonchev–Trinajstić information content (AvgIpc) is 2.75. The highest BCUT2D eigenvalue weighted by Gasteiger charge is 2.71. The van der Waals surface area contributed by atoms with E-state index in [1.165, 1.54) is 12.1 Å². The molecule has 1 aromatic rings. The Bertz CT molecular complexity index is 1130. The Hall–Kier alpha value is -2.32. The van der Waals surface area contributed by atoms with Crippen LogP contribution in [0, 0.1) is 30.1 Å². The van der Waals surface area contributed by atoms with Gasteiger partial charge in [0.2, 0.25) is 0 Å². The van der Waals surface area contributed by atoms with Crippen LogP contribution in [0.25, 0.3) is 0 Å². The van der Waals surface area contributed by atoms with Crippen molar-refractivity contribution < 1.29 is 58.7 Å². The van der Waals surface area contributed by atoms with Crippen molar-refractivity contribution in [1.82, 2.24) is 0 Å². The fourth-order valence-corrected chi connectivity index (χ4v) is 6.23. The van der Waals surface area contributed by atoms with Crippen LogP contribution in [0.2, 0.25) is 0 Å². The lowest BCUT2D eigenvalue weighted by Gasteiger charge is -2.55. The summed E-state index contributed by atoms with van der Waals surface area (Å²) in [6, 6.07) is 4.99. The molecule has 4 aliphatic carbocycles. The highest BCUT2D eigenvalue weighted by molar-refractivity contribution is 7.86. The number of ether oxygens (including phenoxy) is 3. The number of hydrogen-bond acceptors (Lipinski definition) is 7. The molecule has 0 amide bonds. The number of carbonyl (C=O) groups excluding carboxylic acids is 2. The van der Waals surface area contributed by atoms with Gasteiger partial charge in [-0.25, -0.2) is 4.79 Å². The SMILES string of the molecule is Cc1ccc(OC(=O)C(OCC(F)(F)S(=O)(=O)O)(OC(=O)C23CC4CC(CC(C4)C2)C3)C(F)(F)F)cc1. The Labute approximate surface area is 209 Å². The number of benzene rings is 1. The van der Waals surface area contributed by atoms with Crippen LogP contribution in [0.1, 0.15) is 44.1 Å². The summed E-state index contributed by atoms with van der Waals surface area (Å²) in [7, 11) is -6.24. The van der Waals surface area contributed by atoms with E-state index in [-0.39, 0.29) is 37.0 Å². The van der Waals surface area contributed by atoms with Crippen molar-refractivity contribution in [3.05, 3.63) is 29.8 Å². The summed E-state index contributed by atoms with van der Waals surface area (Å²) in [5.74, 6) is -8.82. The lowest BCUT2D eigenvalue weighted by molar-refractivity contribution is -0.361. The maximum Gasteiger partial charge on any atom is 0.468 e. The van der Waals surface area contributed by atoms with Gasteiger partial charge in [0.1, 0.15) is 12.4 Å². The molecule has 4 saturated carbocycles. The highest BCUT2D eigenvalue weighted by atomic mass is 32.2. The summed E-state index contributed by atoms with van der Waals surface area (Å²) in [6.45, 7) is -1.01.